The fraction of sp³-hybridized carbons (Fsp3) is 0.273. The normalized spacial score (nSPS) is 30.6. The molecule has 2 heterocycles. The van der Waals surface area contributed by atoms with E-state index in [0.29, 0.717) is 16.8 Å². The summed E-state index contributed by atoms with van der Waals surface area (Å²) in [7, 11) is 1.39. The minimum Gasteiger partial charge on any atom is -0.504 e. The SMILES string of the molecule is COc1ccc(C2C3=CCC4C(=O)N(c5ccc(I)cc5)C(=O)C4C3CC3(Cl)C(=O)N(c4ccc(F)cc4)C(=O)C23Cl)cc1O. The summed E-state index contributed by atoms with van der Waals surface area (Å²) >= 11 is 16.8. The van der Waals surface area contributed by atoms with Crippen molar-refractivity contribution in [2.24, 2.45) is 17.8 Å². The van der Waals surface area contributed by atoms with Gasteiger partial charge in [-0.15, -0.1) is 23.2 Å². The van der Waals surface area contributed by atoms with Crippen LogP contribution in [0.5, 0.6) is 11.5 Å². The molecule has 45 heavy (non-hydrogen) atoms. The second kappa shape index (κ2) is 10.5. The Bertz CT molecular complexity index is 1840. The van der Waals surface area contributed by atoms with E-state index in [0.717, 1.165) is 20.6 Å². The number of hydrogen-bond donors (Lipinski definition) is 1. The lowest BCUT2D eigenvalue weighted by Crippen LogP contribution is -2.60. The maximum absolute atomic E-state index is 14.4. The van der Waals surface area contributed by atoms with Crippen molar-refractivity contribution in [3.05, 3.63) is 93.3 Å². The summed E-state index contributed by atoms with van der Waals surface area (Å²) < 4.78 is 20.0. The van der Waals surface area contributed by atoms with Gasteiger partial charge in [-0.3, -0.25) is 24.1 Å². The fourth-order valence-corrected chi connectivity index (χ4v) is 8.80. The molecular weight excluding hydrogens is 737 g/mol. The van der Waals surface area contributed by atoms with Gasteiger partial charge in [-0.05, 0) is 108 Å². The number of halogens is 4. The first kappa shape index (κ1) is 30.2. The second-order valence-corrected chi connectivity index (χ2v) is 14.2. The lowest BCUT2D eigenvalue weighted by atomic mass is 9.56. The number of benzene rings is 3. The topological polar surface area (TPSA) is 104 Å². The first-order chi connectivity index (χ1) is 21.4. The van der Waals surface area contributed by atoms with E-state index in [1.807, 2.05) is 6.08 Å². The lowest BCUT2D eigenvalue weighted by molar-refractivity contribution is -0.125. The molecule has 1 saturated carbocycles. The largest absolute Gasteiger partial charge is 0.504 e. The molecule has 2 aliphatic carbocycles. The number of aromatic hydroxyl groups is 1. The Labute approximate surface area is 280 Å². The molecule has 6 unspecified atom stereocenters. The number of carbonyl (C=O) groups is 4. The molecule has 0 spiro atoms. The molecule has 2 saturated heterocycles. The molecule has 0 radical (unpaired) electrons. The zero-order valence-corrected chi connectivity index (χ0v) is 27.2. The molecule has 12 heteroatoms. The van der Waals surface area contributed by atoms with Gasteiger partial charge in [-0.1, -0.05) is 17.7 Å². The van der Waals surface area contributed by atoms with Gasteiger partial charge in [0.25, 0.3) is 11.8 Å². The van der Waals surface area contributed by atoms with E-state index in [-0.39, 0.29) is 35.9 Å². The lowest BCUT2D eigenvalue weighted by Gasteiger charge is -2.50. The van der Waals surface area contributed by atoms with Crippen LogP contribution in [-0.4, -0.2) is 45.6 Å². The molecule has 4 amide bonds. The van der Waals surface area contributed by atoms with Crippen molar-refractivity contribution in [3.8, 4) is 11.5 Å². The highest BCUT2D eigenvalue weighted by Crippen LogP contribution is 2.66. The number of amides is 4. The standard InChI is InChI=1S/C33H24Cl2FIN2O6/c1-45-25-13-2-16(14-24(25)40)27-21-11-12-22-26(29(42)38(28(22)41)19-9-5-18(37)6-10-19)23(21)15-32(34)30(43)39(31(44)33(27,32)35)20-7-3-17(36)4-8-20/h2-11,13-14,22-23,26-27,40H,12,15H2,1H3. The molecule has 0 bridgehead atoms. The average molecular weight is 761 g/mol. The Hall–Kier alpha value is -3.48. The van der Waals surface area contributed by atoms with Crippen molar-refractivity contribution < 1.29 is 33.4 Å². The number of phenolic OH excluding ortho intramolecular Hbond substituents is 1. The summed E-state index contributed by atoms with van der Waals surface area (Å²) in [6.45, 7) is 0. The van der Waals surface area contributed by atoms with E-state index in [9.17, 15) is 28.7 Å². The third-order valence-corrected chi connectivity index (χ3v) is 11.6. The highest BCUT2D eigenvalue weighted by molar-refractivity contribution is 14.1. The van der Waals surface area contributed by atoms with Gasteiger partial charge in [0.05, 0.1) is 30.3 Å². The van der Waals surface area contributed by atoms with Crippen molar-refractivity contribution in [2.45, 2.75) is 28.5 Å². The van der Waals surface area contributed by atoms with Crippen LogP contribution in [-0.2, 0) is 19.2 Å². The third kappa shape index (κ3) is 4.14. The smallest absolute Gasteiger partial charge is 0.258 e. The first-order valence-corrected chi connectivity index (χ1v) is 16.0. The molecule has 2 aliphatic heterocycles. The number of rotatable bonds is 4. The van der Waals surface area contributed by atoms with Gasteiger partial charge in [-0.2, -0.15) is 0 Å². The predicted octanol–water partition coefficient (Wildman–Crippen LogP) is 5.91. The van der Waals surface area contributed by atoms with Crippen LogP contribution in [0.3, 0.4) is 0 Å². The summed E-state index contributed by atoms with van der Waals surface area (Å²) in [6, 6.07) is 16.4. The van der Waals surface area contributed by atoms with E-state index < -0.39 is 57.0 Å². The molecule has 6 atom stereocenters. The maximum Gasteiger partial charge on any atom is 0.258 e. The van der Waals surface area contributed by atoms with Crippen molar-refractivity contribution in [1.29, 1.82) is 0 Å². The first-order valence-electron chi connectivity index (χ1n) is 14.1. The van der Waals surface area contributed by atoms with Crippen molar-refractivity contribution in [2.75, 3.05) is 16.9 Å². The summed E-state index contributed by atoms with van der Waals surface area (Å²) in [5, 5.41) is 10.8. The van der Waals surface area contributed by atoms with Crippen LogP contribution in [0, 0.1) is 27.1 Å². The van der Waals surface area contributed by atoms with Gasteiger partial charge < -0.3 is 9.84 Å². The molecular formula is C33H24Cl2FIN2O6. The van der Waals surface area contributed by atoms with Crippen molar-refractivity contribution in [1.82, 2.24) is 0 Å². The summed E-state index contributed by atoms with van der Waals surface area (Å²) in [5.74, 6) is -6.41. The number of imide groups is 2. The van der Waals surface area contributed by atoms with Gasteiger partial charge in [0, 0.05) is 9.49 Å². The zero-order valence-electron chi connectivity index (χ0n) is 23.5. The highest BCUT2D eigenvalue weighted by Gasteiger charge is 2.76. The van der Waals surface area contributed by atoms with Gasteiger partial charge in [0.1, 0.15) is 5.82 Å². The molecule has 3 aromatic carbocycles. The number of ether oxygens (including phenoxy) is 1. The molecule has 8 nitrogen and oxygen atoms in total. The van der Waals surface area contributed by atoms with Crippen LogP contribution in [0.2, 0.25) is 0 Å². The van der Waals surface area contributed by atoms with Crippen molar-refractivity contribution in [3.63, 3.8) is 0 Å². The van der Waals surface area contributed by atoms with Crippen LogP contribution in [0.15, 0.2) is 78.4 Å². The van der Waals surface area contributed by atoms with E-state index in [1.165, 1.54) is 36.3 Å². The fourth-order valence-electron chi connectivity index (χ4n) is 7.50. The molecule has 1 N–H and O–H groups in total. The Balaban J connectivity index is 1.40. The number of allylic oxidation sites excluding steroid dienone is 2. The maximum atomic E-state index is 14.4. The highest BCUT2D eigenvalue weighted by atomic mass is 127. The van der Waals surface area contributed by atoms with Crippen LogP contribution < -0.4 is 14.5 Å². The molecule has 230 valence electrons. The Kier molecular flexibility index (Phi) is 7.06. The van der Waals surface area contributed by atoms with Crippen LogP contribution >= 0.6 is 45.8 Å². The number of carbonyl (C=O) groups excluding carboxylic acids is 4. The number of fused-ring (bicyclic) bond motifs is 4. The van der Waals surface area contributed by atoms with E-state index in [1.54, 1.807) is 30.3 Å². The van der Waals surface area contributed by atoms with Crippen LogP contribution in [0.25, 0.3) is 0 Å². The van der Waals surface area contributed by atoms with Gasteiger partial charge in [-0.25, -0.2) is 9.29 Å². The molecule has 3 fully saturated rings. The number of methoxy groups -OCH3 is 1. The number of phenols is 1. The number of anilines is 2. The molecule has 3 aromatic rings. The third-order valence-electron chi connectivity index (χ3n) is 9.52. The Morgan fingerprint density at radius 2 is 1.53 bits per heavy atom. The number of hydrogen-bond acceptors (Lipinski definition) is 6. The van der Waals surface area contributed by atoms with E-state index >= 15 is 0 Å². The summed E-state index contributed by atoms with van der Waals surface area (Å²) in [6.07, 6.45) is 1.82. The number of nitrogens with zero attached hydrogens (tertiary/aromatic N) is 2. The molecule has 0 aromatic heterocycles. The zero-order chi connectivity index (χ0) is 32.0. The predicted molar refractivity (Wildman–Crippen MR) is 173 cm³/mol. The van der Waals surface area contributed by atoms with Crippen LogP contribution in [0.1, 0.15) is 24.3 Å². The molecule has 4 aliphatic rings. The monoisotopic (exact) mass is 760 g/mol. The Morgan fingerprint density at radius 3 is 2.18 bits per heavy atom. The van der Waals surface area contributed by atoms with Crippen molar-refractivity contribution >= 4 is 80.8 Å². The van der Waals surface area contributed by atoms with Gasteiger partial charge in [0.15, 0.2) is 21.2 Å². The molecule has 7 rings (SSSR count). The summed E-state index contributed by atoms with van der Waals surface area (Å²) in [4.78, 5) is 54.4. The number of alkyl halides is 2. The van der Waals surface area contributed by atoms with E-state index in [4.69, 9.17) is 27.9 Å². The Morgan fingerprint density at radius 1 is 0.889 bits per heavy atom. The van der Waals surface area contributed by atoms with Gasteiger partial charge in [0.2, 0.25) is 11.8 Å². The van der Waals surface area contributed by atoms with E-state index in [2.05, 4.69) is 22.6 Å². The van der Waals surface area contributed by atoms with Gasteiger partial charge >= 0.3 is 0 Å². The summed E-state index contributed by atoms with van der Waals surface area (Å²) in [5.41, 5.74) is 1.48. The van der Waals surface area contributed by atoms with Crippen LogP contribution in [0.4, 0.5) is 15.8 Å². The minimum atomic E-state index is -2.10. The average Bonchev–Trinajstić information content (AvgIpc) is 3.36. The second-order valence-electron chi connectivity index (χ2n) is 11.7. The minimum absolute atomic E-state index is 0.0870. The quantitative estimate of drug-likeness (QED) is 0.154.